The molecule has 0 aliphatic heterocycles. The number of hydrogen-bond acceptors (Lipinski definition) is 3. The molecule has 0 atom stereocenters. The maximum Gasteiger partial charge on any atom is 0.354 e. The van der Waals surface area contributed by atoms with Crippen molar-refractivity contribution in [2.45, 2.75) is 6.42 Å². The van der Waals surface area contributed by atoms with E-state index in [-0.39, 0.29) is 12.1 Å². The Kier molecular flexibility index (Phi) is 3.39. The lowest BCUT2D eigenvalue weighted by Gasteiger charge is -1.92. The summed E-state index contributed by atoms with van der Waals surface area (Å²) >= 11 is 0. The minimum atomic E-state index is -1.09. The van der Waals surface area contributed by atoms with E-state index in [4.69, 9.17) is 5.11 Å². The predicted molar refractivity (Wildman–Crippen MR) is 48.8 cm³/mol. The van der Waals surface area contributed by atoms with Gasteiger partial charge in [0.25, 0.3) is 0 Å². The van der Waals surface area contributed by atoms with Crippen LogP contribution in [0.3, 0.4) is 0 Å². The molecule has 1 rings (SSSR count). The fourth-order valence-electron chi connectivity index (χ4n) is 0.820. The van der Waals surface area contributed by atoms with Crippen molar-refractivity contribution in [1.82, 2.24) is 4.98 Å². The highest BCUT2D eigenvalue weighted by Gasteiger charge is 2.02. The Labute approximate surface area is 80.6 Å². The Bertz CT molecular complexity index is 415. The second-order valence-corrected chi connectivity index (χ2v) is 2.41. The van der Waals surface area contributed by atoms with Crippen LogP contribution in [-0.4, -0.2) is 22.3 Å². The van der Waals surface area contributed by atoms with E-state index in [2.05, 4.69) is 16.8 Å². The summed E-state index contributed by atoms with van der Waals surface area (Å²) in [7, 11) is 0. The fraction of sp³-hybridized carbons (Fsp3) is 0.100. The van der Waals surface area contributed by atoms with Crippen molar-refractivity contribution in [2.24, 2.45) is 0 Å². The molecule has 0 saturated heterocycles. The van der Waals surface area contributed by atoms with Gasteiger partial charge in [-0.1, -0.05) is 11.8 Å². The third kappa shape index (κ3) is 2.72. The summed E-state index contributed by atoms with van der Waals surface area (Å²) in [6.45, 7) is 0. The van der Waals surface area contributed by atoms with E-state index in [0.717, 1.165) is 0 Å². The zero-order valence-electron chi connectivity index (χ0n) is 7.23. The first-order valence-corrected chi connectivity index (χ1v) is 3.86. The highest BCUT2D eigenvalue weighted by atomic mass is 16.4. The molecule has 0 amide bonds. The summed E-state index contributed by atoms with van der Waals surface area (Å²) in [6, 6.07) is 2.95. The Hall–Kier alpha value is -2.15. The molecule has 0 unspecified atom stereocenters. The molecule has 0 saturated carbocycles. The molecule has 0 aliphatic rings. The first kappa shape index (κ1) is 9.93. The minimum absolute atomic E-state index is 0.0529. The molecule has 0 aromatic carbocycles. The summed E-state index contributed by atoms with van der Waals surface area (Å²) in [5.74, 6) is 4.14. The lowest BCUT2D eigenvalue weighted by Crippen LogP contribution is -1.99. The second-order valence-electron chi connectivity index (χ2n) is 2.41. The smallest absolute Gasteiger partial charge is 0.354 e. The number of hydrogen-bond donors (Lipinski definition) is 1. The number of aromatic carboxylic acids is 1. The molecular formula is C10H7NO3. The molecular weight excluding hydrogens is 182 g/mol. The van der Waals surface area contributed by atoms with Crippen molar-refractivity contribution in [3.8, 4) is 11.8 Å². The Morgan fingerprint density at radius 2 is 2.43 bits per heavy atom. The maximum atomic E-state index is 10.5. The Morgan fingerprint density at radius 1 is 1.64 bits per heavy atom. The number of carboxylic acids is 1. The van der Waals surface area contributed by atoms with Gasteiger partial charge in [-0.3, -0.25) is 0 Å². The summed E-state index contributed by atoms with van der Waals surface area (Å²) in [4.78, 5) is 24.1. The average molecular weight is 189 g/mol. The molecule has 0 spiro atoms. The molecule has 0 aliphatic carbocycles. The summed E-state index contributed by atoms with van der Waals surface area (Å²) in [6.07, 6.45) is 2.20. The van der Waals surface area contributed by atoms with Gasteiger partial charge in [0.2, 0.25) is 0 Å². The highest BCUT2D eigenvalue weighted by molar-refractivity contribution is 5.85. The molecule has 1 aromatic heterocycles. The van der Waals surface area contributed by atoms with E-state index < -0.39 is 5.97 Å². The highest BCUT2D eigenvalue weighted by Crippen LogP contribution is 1.99. The van der Waals surface area contributed by atoms with Crippen molar-refractivity contribution in [3.05, 3.63) is 29.6 Å². The topological polar surface area (TPSA) is 67.3 Å². The monoisotopic (exact) mass is 189 g/mol. The largest absolute Gasteiger partial charge is 0.477 e. The van der Waals surface area contributed by atoms with Crippen molar-refractivity contribution >= 4 is 12.3 Å². The summed E-state index contributed by atoms with van der Waals surface area (Å²) in [5.41, 5.74) is 0.488. The number of carbonyl (C=O) groups excluding carboxylic acids is 1. The van der Waals surface area contributed by atoms with Gasteiger partial charge in [0.1, 0.15) is 12.0 Å². The normalized spacial score (nSPS) is 8.57. The van der Waals surface area contributed by atoms with Crippen LogP contribution in [0.4, 0.5) is 0 Å². The molecule has 0 radical (unpaired) electrons. The standard InChI is InChI=1S/C10H7NO3/c12-6-2-1-3-8-4-5-11-9(7-8)10(13)14/h4-7H,2H2,(H,13,14). The van der Waals surface area contributed by atoms with Gasteiger partial charge in [0.05, 0.1) is 6.42 Å². The SMILES string of the molecule is O=CCC#Cc1ccnc(C(=O)O)c1. The summed E-state index contributed by atoms with van der Waals surface area (Å²) in [5, 5.41) is 8.61. The van der Waals surface area contributed by atoms with Crippen molar-refractivity contribution in [2.75, 3.05) is 0 Å². The van der Waals surface area contributed by atoms with Gasteiger partial charge in [-0.25, -0.2) is 9.78 Å². The van der Waals surface area contributed by atoms with Crippen LogP contribution in [0.15, 0.2) is 18.3 Å². The fourth-order valence-corrected chi connectivity index (χ4v) is 0.820. The van der Waals surface area contributed by atoms with Crippen molar-refractivity contribution < 1.29 is 14.7 Å². The molecule has 4 heteroatoms. The molecule has 14 heavy (non-hydrogen) atoms. The molecule has 4 nitrogen and oxygen atoms in total. The number of carbonyl (C=O) groups is 2. The molecule has 70 valence electrons. The molecule has 1 aromatic rings. The average Bonchev–Trinajstić information content (AvgIpc) is 2.19. The third-order valence-electron chi connectivity index (χ3n) is 1.40. The molecule has 0 fully saturated rings. The van der Waals surface area contributed by atoms with Crippen LogP contribution < -0.4 is 0 Å². The van der Waals surface area contributed by atoms with Crippen LogP contribution >= 0.6 is 0 Å². The lowest BCUT2D eigenvalue weighted by atomic mass is 10.2. The third-order valence-corrected chi connectivity index (χ3v) is 1.40. The molecule has 1 heterocycles. The first-order chi connectivity index (χ1) is 6.74. The first-order valence-electron chi connectivity index (χ1n) is 3.86. The number of carboxylic acid groups (broad SMARTS) is 1. The maximum absolute atomic E-state index is 10.5. The van der Waals surface area contributed by atoms with Crippen molar-refractivity contribution in [1.29, 1.82) is 0 Å². The number of rotatable bonds is 2. The van der Waals surface area contributed by atoms with Gasteiger partial charge in [-0.05, 0) is 12.1 Å². The van der Waals surface area contributed by atoms with Crippen LogP contribution in [0.1, 0.15) is 22.5 Å². The van der Waals surface area contributed by atoms with Crippen LogP contribution in [0.2, 0.25) is 0 Å². The quantitative estimate of drug-likeness (QED) is 0.549. The van der Waals surface area contributed by atoms with E-state index in [1.807, 2.05) is 0 Å². The van der Waals surface area contributed by atoms with Crippen LogP contribution in [-0.2, 0) is 4.79 Å². The zero-order chi connectivity index (χ0) is 10.4. The van der Waals surface area contributed by atoms with E-state index in [9.17, 15) is 9.59 Å². The van der Waals surface area contributed by atoms with E-state index in [0.29, 0.717) is 11.8 Å². The van der Waals surface area contributed by atoms with Gasteiger partial charge in [-0.2, -0.15) is 0 Å². The van der Waals surface area contributed by atoms with Gasteiger partial charge in [0, 0.05) is 11.8 Å². The van der Waals surface area contributed by atoms with Crippen LogP contribution in [0.25, 0.3) is 0 Å². The van der Waals surface area contributed by atoms with Crippen molar-refractivity contribution in [3.63, 3.8) is 0 Å². The summed E-state index contributed by atoms with van der Waals surface area (Å²) < 4.78 is 0. The Balaban J connectivity index is 2.90. The van der Waals surface area contributed by atoms with Gasteiger partial charge in [-0.15, -0.1) is 0 Å². The zero-order valence-corrected chi connectivity index (χ0v) is 7.23. The number of nitrogens with zero attached hydrogens (tertiary/aromatic N) is 1. The van der Waals surface area contributed by atoms with Gasteiger partial charge in [0.15, 0.2) is 0 Å². The van der Waals surface area contributed by atoms with E-state index in [1.54, 1.807) is 6.07 Å². The van der Waals surface area contributed by atoms with Crippen LogP contribution in [0, 0.1) is 11.8 Å². The van der Waals surface area contributed by atoms with Crippen LogP contribution in [0.5, 0.6) is 0 Å². The number of aromatic nitrogens is 1. The van der Waals surface area contributed by atoms with Gasteiger partial charge >= 0.3 is 5.97 Å². The minimum Gasteiger partial charge on any atom is -0.477 e. The number of pyridine rings is 1. The number of aldehydes is 1. The molecule has 1 N–H and O–H groups in total. The Morgan fingerprint density at radius 3 is 3.07 bits per heavy atom. The van der Waals surface area contributed by atoms with E-state index >= 15 is 0 Å². The van der Waals surface area contributed by atoms with Gasteiger partial charge < -0.3 is 9.90 Å². The van der Waals surface area contributed by atoms with E-state index in [1.165, 1.54) is 12.3 Å². The second kappa shape index (κ2) is 4.77. The predicted octanol–water partition coefficient (Wildman–Crippen LogP) is 0.720. The lowest BCUT2D eigenvalue weighted by molar-refractivity contribution is -0.107. The molecule has 0 bridgehead atoms.